The summed E-state index contributed by atoms with van der Waals surface area (Å²) in [7, 11) is 0. The first-order valence-corrected chi connectivity index (χ1v) is 14.2. The number of fused-ring (bicyclic) bond motifs is 1. The van der Waals surface area contributed by atoms with E-state index < -0.39 is 5.60 Å². The third-order valence-electron chi connectivity index (χ3n) is 6.73. The number of alkyl halides is 1. The predicted molar refractivity (Wildman–Crippen MR) is 156 cm³/mol. The molecule has 9 heteroatoms. The molecular weight excluding hydrogens is 535 g/mol. The number of aromatic nitrogens is 1. The molecule has 0 unspecified atom stereocenters. The van der Waals surface area contributed by atoms with E-state index in [0.717, 1.165) is 49.3 Å². The Morgan fingerprint density at radius 3 is 2.46 bits per heavy atom. The summed E-state index contributed by atoms with van der Waals surface area (Å²) in [5.74, 6) is 0.677. The first-order chi connectivity index (χ1) is 18.6. The number of hydrogen-bond donors (Lipinski definition) is 0. The number of nitrogens with zero attached hydrogens (tertiary/aromatic N) is 4. The topological polar surface area (TPSA) is 70.7 Å². The summed E-state index contributed by atoms with van der Waals surface area (Å²) >= 11 is 12.2. The lowest BCUT2D eigenvalue weighted by molar-refractivity contribution is -0.115. The zero-order valence-corrected chi connectivity index (χ0v) is 24.8. The monoisotopic (exact) mass is 570 g/mol. The van der Waals surface area contributed by atoms with E-state index in [2.05, 4.69) is 35.2 Å². The molecule has 1 amide bonds. The van der Waals surface area contributed by atoms with Crippen molar-refractivity contribution in [3.63, 3.8) is 0 Å². The molecule has 208 valence electrons. The van der Waals surface area contributed by atoms with Crippen molar-refractivity contribution < 1.29 is 14.3 Å². The van der Waals surface area contributed by atoms with Crippen LogP contribution in [0.15, 0.2) is 42.6 Å². The van der Waals surface area contributed by atoms with Gasteiger partial charge in [0.1, 0.15) is 18.3 Å². The largest absolute Gasteiger partial charge is 0.489 e. The summed E-state index contributed by atoms with van der Waals surface area (Å²) in [6, 6.07) is 14.3. The number of halogens is 2. The van der Waals surface area contributed by atoms with Crippen LogP contribution in [-0.2, 0) is 11.3 Å². The lowest BCUT2D eigenvalue weighted by Crippen LogP contribution is -2.72. The third kappa shape index (κ3) is 6.30. The quantitative estimate of drug-likeness (QED) is 0.303. The van der Waals surface area contributed by atoms with E-state index in [-0.39, 0.29) is 18.1 Å². The molecule has 0 N–H and O–H groups in total. The van der Waals surface area contributed by atoms with Crippen molar-refractivity contribution in [1.29, 1.82) is 5.26 Å². The standard InChI is InChI=1S/C28H30Cl2N4O3.C2H6/c1-27(2,3)37-26(35)33-17-28(18-33)15-32(16-28)14-19-4-5-24-20(10-19)6-8-34(24)22-11-21(13-31)25(23(30)12-22)36-9-7-29;1-2/h4-6,8,10-12H,7,9,14-18H2,1-3H3;1-2H3. The first-order valence-electron chi connectivity index (χ1n) is 13.3. The van der Waals surface area contributed by atoms with Crippen LogP contribution in [0.3, 0.4) is 0 Å². The highest BCUT2D eigenvalue weighted by atomic mass is 35.5. The molecule has 0 aliphatic carbocycles. The van der Waals surface area contributed by atoms with Gasteiger partial charge in [0.2, 0.25) is 0 Å². The average Bonchev–Trinajstić information content (AvgIpc) is 3.26. The predicted octanol–water partition coefficient (Wildman–Crippen LogP) is 6.85. The second kappa shape index (κ2) is 11.7. The van der Waals surface area contributed by atoms with E-state index in [4.69, 9.17) is 32.7 Å². The molecule has 0 atom stereocenters. The normalized spacial score (nSPS) is 16.1. The van der Waals surface area contributed by atoms with Gasteiger partial charge in [-0.2, -0.15) is 5.26 Å². The Morgan fingerprint density at radius 1 is 1.10 bits per heavy atom. The smallest absolute Gasteiger partial charge is 0.410 e. The van der Waals surface area contributed by atoms with Crippen LogP contribution in [-0.4, -0.2) is 64.7 Å². The molecule has 1 aromatic heterocycles. The van der Waals surface area contributed by atoms with Crippen LogP contribution in [0.25, 0.3) is 16.6 Å². The molecule has 7 nitrogen and oxygen atoms in total. The highest BCUT2D eigenvalue weighted by molar-refractivity contribution is 6.32. The second-order valence-electron chi connectivity index (χ2n) is 11.0. The Morgan fingerprint density at radius 2 is 1.82 bits per heavy atom. The van der Waals surface area contributed by atoms with Gasteiger partial charge in [-0.25, -0.2) is 4.79 Å². The van der Waals surface area contributed by atoms with Crippen LogP contribution in [0.1, 0.15) is 45.7 Å². The lowest BCUT2D eigenvalue weighted by atomic mass is 9.73. The maximum Gasteiger partial charge on any atom is 0.410 e. The van der Waals surface area contributed by atoms with Crippen LogP contribution in [0.4, 0.5) is 4.79 Å². The van der Waals surface area contributed by atoms with Gasteiger partial charge < -0.3 is 18.9 Å². The van der Waals surface area contributed by atoms with Gasteiger partial charge in [-0.3, -0.25) is 4.90 Å². The van der Waals surface area contributed by atoms with Crippen molar-refractivity contribution in [3.05, 3.63) is 58.7 Å². The number of hydrogen-bond acceptors (Lipinski definition) is 5. The molecule has 3 aromatic rings. The third-order valence-corrected chi connectivity index (χ3v) is 7.17. The number of likely N-dealkylation sites (tertiary alicyclic amines) is 2. The number of ether oxygens (including phenoxy) is 2. The van der Waals surface area contributed by atoms with Gasteiger partial charge in [-0.1, -0.05) is 31.5 Å². The van der Waals surface area contributed by atoms with E-state index >= 15 is 0 Å². The molecular formula is C30H36Cl2N4O3. The zero-order valence-electron chi connectivity index (χ0n) is 23.3. The van der Waals surface area contributed by atoms with Crippen LogP contribution in [0, 0.1) is 16.7 Å². The van der Waals surface area contributed by atoms with E-state index in [1.54, 1.807) is 17.0 Å². The van der Waals surface area contributed by atoms with Gasteiger partial charge in [0, 0.05) is 55.4 Å². The van der Waals surface area contributed by atoms with Crippen molar-refractivity contribution in [1.82, 2.24) is 14.4 Å². The molecule has 2 aliphatic heterocycles. The van der Waals surface area contributed by atoms with Crippen LogP contribution in [0.2, 0.25) is 5.02 Å². The van der Waals surface area contributed by atoms with Crippen molar-refractivity contribution in [3.8, 4) is 17.5 Å². The molecule has 0 saturated carbocycles. The Balaban J connectivity index is 0.00000172. The number of nitriles is 1. The van der Waals surface area contributed by atoms with E-state index in [9.17, 15) is 10.1 Å². The molecule has 1 spiro atoms. The first kappa shape index (κ1) is 29.1. The molecule has 2 fully saturated rings. The van der Waals surface area contributed by atoms with E-state index in [0.29, 0.717) is 22.2 Å². The van der Waals surface area contributed by atoms with Gasteiger partial charge in [0.15, 0.2) is 5.75 Å². The molecule has 2 aliphatic rings. The molecule has 3 heterocycles. The Kier molecular flexibility index (Phi) is 8.70. The molecule has 0 radical (unpaired) electrons. The average molecular weight is 572 g/mol. The van der Waals surface area contributed by atoms with E-state index in [1.165, 1.54) is 5.56 Å². The fourth-order valence-corrected chi connectivity index (χ4v) is 5.64. The van der Waals surface area contributed by atoms with Crippen molar-refractivity contribution in [2.45, 2.75) is 46.8 Å². The van der Waals surface area contributed by atoms with Crippen molar-refractivity contribution in [2.24, 2.45) is 5.41 Å². The summed E-state index contributed by atoms with van der Waals surface area (Å²) in [5.41, 5.74) is 3.19. The molecule has 39 heavy (non-hydrogen) atoms. The van der Waals surface area contributed by atoms with Crippen LogP contribution < -0.4 is 4.74 Å². The summed E-state index contributed by atoms with van der Waals surface area (Å²) in [5, 5.41) is 11.1. The minimum absolute atomic E-state index is 0.210. The van der Waals surface area contributed by atoms with Gasteiger partial charge >= 0.3 is 6.09 Å². The fourth-order valence-electron chi connectivity index (χ4n) is 5.30. The zero-order chi connectivity index (χ0) is 28.4. The van der Waals surface area contributed by atoms with E-state index in [1.807, 2.05) is 45.4 Å². The maximum atomic E-state index is 12.2. The van der Waals surface area contributed by atoms with Crippen LogP contribution >= 0.6 is 23.2 Å². The van der Waals surface area contributed by atoms with Crippen molar-refractivity contribution in [2.75, 3.05) is 38.7 Å². The van der Waals surface area contributed by atoms with Gasteiger partial charge in [0.05, 0.1) is 22.0 Å². The summed E-state index contributed by atoms with van der Waals surface area (Å²) < 4.78 is 13.1. The minimum atomic E-state index is -0.463. The highest BCUT2D eigenvalue weighted by Crippen LogP contribution is 2.41. The Labute approximate surface area is 240 Å². The molecule has 2 saturated heterocycles. The van der Waals surface area contributed by atoms with Gasteiger partial charge in [-0.05, 0) is 56.7 Å². The number of benzene rings is 2. The summed E-state index contributed by atoms with van der Waals surface area (Å²) in [4.78, 5) is 16.5. The van der Waals surface area contributed by atoms with Crippen LogP contribution in [0.5, 0.6) is 5.75 Å². The number of carbonyl (C=O) groups is 1. The fraction of sp³-hybridized carbons (Fsp3) is 0.467. The number of rotatable bonds is 6. The lowest BCUT2D eigenvalue weighted by Gasteiger charge is -2.60. The minimum Gasteiger partial charge on any atom is -0.489 e. The SMILES string of the molecule is CC.CC(C)(C)OC(=O)N1CC2(CN(Cc3ccc4c(ccn4-c4cc(Cl)c(OCCCl)c(C#N)c4)c3)C2)C1. The van der Waals surface area contributed by atoms with Gasteiger partial charge in [-0.15, -0.1) is 11.6 Å². The Hall–Kier alpha value is -2.92. The van der Waals surface area contributed by atoms with Crippen molar-refractivity contribution >= 4 is 40.2 Å². The summed E-state index contributed by atoms with van der Waals surface area (Å²) in [6.07, 6.45) is 1.77. The Bertz CT molecular complexity index is 1380. The number of carbonyl (C=O) groups excluding carboxylic acids is 1. The number of amides is 1. The molecule has 2 aromatic carbocycles. The molecule has 5 rings (SSSR count). The summed E-state index contributed by atoms with van der Waals surface area (Å²) in [6.45, 7) is 14.3. The molecule has 0 bridgehead atoms. The maximum absolute atomic E-state index is 12.2. The second-order valence-corrected chi connectivity index (χ2v) is 11.8. The highest BCUT2D eigenvalue weighted by Gasteiger charge is 2.53. The van der Waals surface area contributed by atoms with Gasteiger partial charge in [0.25, 0.3) is 0 Å².